The van der Waals surface area contributed by atoms with E-state index >= 15 is 0 Å². The molecule has 1 saturated carbocycles. The van der Waals surface area contributed by atoms with Gasteiger partial charge in [-0.2, -0.15) is 0 Å². The van der Waals surface area contributed by atoms with E-state index in [1.165, 1.54) is 12.8 Å². The third-order valence-electron chi connectivity index (χ3n) is 3.81. The van der Waals surface area contributed by atoms with Crippen LogP contribution in [0.5, 0.6) is 0 Å². The number of aryl methyl sites for hydroxylation is 2. The third kappa shape index (κ3) is 3.32. The number of nitrogens with one attached hydrogen (secondary N) is 1. The predicted molar refractivity (Wildman–Crippen MR) is 82.5 cm³/mol. The van der Waals surface area contributed by atoms with Crippen molar-refractivity contribution >= 4 is 5.91 Å². The number of benzene rings is 1. The van der Waals surface area contributed by atoms with Gasteiger partial charge in [0.05, 0.1) is 0 Å². The van der Waals surface area contributed by atoms with Gasteiger partial charge in [0.1, 0.15) is 5.82 Å². The summed E-state index contributed by atoms with van der Waals surface area (Å²) < 4.78 is 2.15. The van der Waals surface area contributed by atoms with Gasteiger partial charge in [-0.3, -0.25) is 4.79 Å². The fourth-order valence-electron chi connectivity index (χ4n) is 2.71. The number of hydrogen-bond donors (Lipinski definition) is 1. The van der Waals surface area contributed by atoms with Gasteiger partial charge in [0.2, 0.25) is 0 Å². The molecular weight excluding hydrogens is 262 g/mol. The third-order valence-corrected chi connectivity index (χ3v) is 3.81. The van der Waals surface area contributed by atoms with E-state index in [9.17, 15) is 4.79 Å². The highest BCUT2D eigenvalue weighted by molar-refractivity contribution is 5.94. The first-order valence-electron chi connectivity index (χ1n) is 7.51. The molecule has 0 unspecified atom stereocenters. The van der Waals surface area contributed by atoms with Crippen molar-refractivity contribution in [2.24, 2.45) is 0 Å². The average Bonchev–Trinajstić information content (AvgIpc) is 3.17. The van der Waals surface area contributed by atoms with Crippen molar-refractivity contribution in [1.82, 2.24) is 14.9 Å². The number of rotatable bonds is 5. The predicted octanol–water partition coefficient (Wildman–Crippen LogP) is 2.81. The van der Waals surface area contributed by atoms with Crippen LogP contribution in [-0.4, -0.2) is 22.0 Å². The first-order chi connectivity index (χ1) is 10.1. The monoisotopic (exact) mass is 283 g/mol. The van der Waals surface area contributed by atoms with Crippen molar-refractivity contribution < 1.29 is 4.79 Å². The minimum Gasteiger partial charge on any atom is -0.350 e. The highest BCUT2D eigenvalue weighted by atomic mass is 16.1. The summed E-state index contributed by atoms with van der Waals surface area (Å²) in [5.74, 6) is 1.79. The highest BCUT2D eigenvalue weighted by Crippen LogP contribution is 2.38. The summed E-state index contributed by atoms with van der Waals surface area (Å²) in [6.45, 7) is 5.43. The number of aromatic nitrogens is 2. The summed E-state index contributed by atoms with van der Waals surface area (Å²) in [6.07, 6.45) is 6.33. The minimum absolute atomic E-state index is 0.00473. The second-order valence-corrected chi connectivity index (χ2v) is 5.89. The molecule has 3 rings (SSSR count). The summed E-state index contributed by atoms with van der Waals surface area (Å²) in [4.78, 5) is 16.6. The van der Waals surface area contributed by atoms with Gasteiger partial charge < -0.3 is 9.88 Å². The highest BCUT2D eigenvalue weighted by Gasteiger charge is 2.27. The molecule has 0 saturated heterocycles. The lowest BCUT2D eigenvalue weighted by Gasteiger charge is -2.09. The fourth-order valence-corrected chi connectivity index (χ4v) is 2.71. The molecule has 1 heterocycles. The summed E-state index contributed by atoms with van der Waals surface area (Å²) in [7, 11) is 0. The topological polar surface area (TPSA) is 46.9 Å². The molecular formula is C17H21N3O. The van der Waals surface area contributed by atoms with Crippen LogP contribution in [0.2, 0.25) is 0 Å². The van der Waals surface area contributed by atoms with Crippen molar-refractivity contribution in [3.63, 3.8) is 0 Å². The molecule has 1 N–H and O–H groups in total. The Labute approximate surface area is 125 Å². The standard InChI is InChI=1S/C17H21N3O/c1-12-9-13(2)11-15(10-12)17(21)19-6-8-20-7-5-18-16(20)14-3-4-14/h5,7,9-11,14H,3-4,6,8H2,1-2H3,(H,19,21). The van der Waals surface area contributed by atoms with Crippen LogP contribution < -0.4 is 5.32 Å². The Bertz CT molecular complexity index is 636. The lowest BCUT2D eigenvalue weighted by molar-refractivity contribution is 0.0952. The van der Waals surface area contributed by atoms with E-state index in [4.69, 9.17) is 0 Å². The van der Waals surface area contributed by atoms with Crippen LogP contribution in [-0.2, 0) is 6.54 Å². The van der Waals surface area contributed by atoms with Crippen LogP contribution in [0, 0.1) is 13.8 Å². The smallest absolute Gasteiger partial charge is 0.251 e. The molecule has 1 aliphatic rings. The molecule has 0 bridgehead atoms. The Morgan fingerprint density at radius 1 is 1.29 bits per heavy atom. The van der Waals surface area contributed by atoms with Gasteiger partial charge in [-0.05, 0) is 38.8 Å². The summed E-state index contributed by atoms with van der Waals surface area (Å²) >= 11 is 0. The zero-order chi connectivity index (χ0) is 14.8. The zero-order valence-electron chi connectivity index (χ0n) is 12.6. The second kappa shape index (κ2) is 5.72. The van der Waals surface area contributed by atoms with Crippen LogP contribution in [0.3, 0.4) is 0 Å². The van der Waals surface area contributed by atoms with Crippen molar-refractivity contribution in [2.45, 2.75) is 39.2 Å². The normalized spacial score (nSPS) is 14.2. The van der Waals surface area contributed by atoms with Crippen LogP contribution in [0.25, 0.3) is 0 Å². The molecule has 1 aromatic carbocycles. The molecule has 2 aromatic rings. The van der Waals surface area contributed by atoms with Crippen molar-refractivity contribution in [1.29, 1.82) is 0 Å². The SMILES string of the molecule is Cc1cc(C)cc(C(=O)NCCn2ccnc2C2CC2)c1. The Morgan fingerprint density at radius 2 is 2.00 bits per heavy atom. The Morgan fingerprint density at radius 3 is 2.67 bits per heavy atom. The first kappa shape index (κ1) is 13.9. The number of hydrogen-bond acceptors (Lipinski definition) is 2. The molecule has 1 aliphatic carbocycles. The fraction of sp³-hybridized carbons (Fsp3) is 0.412. The van der Waals surface area contributed by atoms with E-state index in [0.717, 1.165) is 29.1 Å². The van der Waals surface area contributed by atoms with E-state index in [0.29, 0.717) is 12.5 Å². The van der Waals surface area contributed by atoms with Gasteiger partial charge in [-0.25, -0.2) is 4.98 Å². The largest absolute Gasteiger partial charge is 0.350 e. The molecule has 0 atom stereocenters. The molecule has 4 heteroatoms. The minimum atomic E-state index is -0.00473. The maximum absolute atomic E-state index is 12.2. The number of amides is 1. The van der Waals surface area contributed by atoms with Gasteiger partial charge in [0.15, 0.2) is 0 Å². The van der Waals surface area contributed by atoms with E-state index in [1.807, 2.05) is 38.4 Å². The molecule has 1 fully saturated rings. The summed E-state index contributed by atoms with van der Waals surface area (Å²) in [6, 6.07) is 5.93. The number of imidazole rings is 1. The molecule has 0 spiro atoms. The zero-order valence-corrected chi connectivity index (χ0v) is 12.6. The Balaban J connectivity index is 1.57. The summed E-state index contributed by atoms with van der Waals surface area (Å²) in [5.41, 5.74) is 2.97. The molecule has 0 radical (unpaired) electrons. The van der Waals surface area contributed by atoms with Gasteiger partial charge in [0.25, 0.3) is 5.91 Å². The lowest BCUT2D eigenvalue weighted by atomic mass is 10.1. The van der Waals surface area contributed by atoms with E-state index in [2.05, 4.69) is 20.9 Å². The van der Waals surface area contributed by atoms with Crippen molar-refractivity contribution in [3.05, 3.63) is 53.1 Å². The number of carbonyl (C=O) groups excluding carboxylic acids is 1. The van der Waals surface area contributed by atoms with Gasteiger partial charge in [-0.1, -0.05) is 17.2 Å². The maximum Gasteiger partial charge on any atom is 0.251 e. The first-order valence-corrected chi connectivity index (χ1v) is 7.51. The van der Waals surface area contributed by atoms with Crippen LogP contribution >= 0.6 is 0 Å². The number of nitrogens with zero attached hydrogens (tertiary/aromatic N) is 2. The quantitative estimate of drug-likeness (QED) is 0.917. The van der Waals surface area contributed by atoms with E-state index in [1.54, 1.807) is 0 Å². The molecule has 0 aliphatic heterocycles. The van der Waals surface area contributed by atoms with Crippen LogP contribution in [0.15, 0.2) is 30.6 Å². The van der Waals surface area contributed by atoms with Crippen molar-refractivity contribution in [2.75, 3.05) is 6.54 Å². The van der Waals surface area contributed by atoms with Gasteiger partial charge >= 0.3 is 0 Å². The van der Waals surface area contributed by atoms with Gasteiger partial charge in [-0.15, -0.1) is 0 Å². The van der Waals surface area contributed by atoms with E-state index in [-0.39, 0.29) is 5.91 Å². The average molecular weight is 283 g/mol. The number of carbonyl (C=O) groups is 1. The molecule has 110 valence electrons. The van der Waals surface area contributed by atoms with Gasteiger partial charge in [0, 0.05) is 37.0 Å². The van der Waals surface area contributed by atoms with Crippen LogP contribution in [0.1, 0.15) is 46.1 Å². The van der Waals surface area contributed by atoms with Crippen LogP contribution in [0.4, 0.5) is 0 Å². The van der Waals surface area contributed by atoms with Crippen molar-refractivity contribution in [3.8, 4) is 0 Å². The molecule has 1 amide bonds. The molecule has 4 nitrogen and oxygen atoms in total. The maximum atomic E-state index is 12.2. The van der Waals surface area contributed by atoms with E-state index < -0.39 is 0 Å². The second-order valence-electron chi connectivity index (χ2n) is 5.89. The molecule has 21 heavy (non-hydrogen) atoms. The lowest BCUT2D eigenvalue weighted by Crippen LogP contribution is -2.27. The summed E-state index contributed by atoms with van der Waals surface area (Å²) in [5, 5.41) is 2.99. The molecule has 1 aromatic heterocycles. The Hall–Kier alpha value is -2.10. The Kier molecular flexibility index (Phi) is 3.78.